The fourth-order valence-corrected chi connectivity index (χ4v) is 3.72. The lowest BCUT2D eigenvalue weighted by atomic mass is 10.1. The van der Waals surface area contributed by atoms with Gasteiger partial charge in [-0.05, 0) is 30.7 Å². The molecule has 0 aromatic heterocycles. The normalized spacial score (nSPS) is 26.9. The van der Waals surface area contributed by atoms with Crippen molar-refractivity contribution in [2.45, 2.75) is 19.1 Å². The molecule has 0 amide bonds. The summed E-state index contributed by atoms with van der Waals surface area (Å²) in [5.74, 6) is -0.0938. The Morgan fingerprint density at radius 2 is 2.06 bits per heavy atom. The molecular formula is C11H15NO4S. The molecule has 5 nitrogen and oxygen atoms in total. The number of rotatable bonds is 2. The van der Waals surface area contributed by atoms with Gasteiger partial charge in [0, 0.05) is 5.69 Å². The van der Waals surface area contributed by atoms with E-state index >= 15 is 0 Å². The monoisotopic (exact) mass is 257 g/mol. The van der Waals surface area contributed by atoms with E-state index in [2.05, 4.69) is 5.32 Å². The summed E-state index contributed by atoms with van der Waals surface area (Å²) in [6.45, 7) is 1.80. The molecule has 0 radical (unpaired) electrons. The first kappa shape index (κ1) is 12.2. The number of anilines is 1. The molecule has 2 atom stereocenters. The van der Waals surface area contributed by atoms with Crippen molar-refractivity contribution in [3.63, 3.8) is 0 Å². The van der Waals surface area contributed by atoms with Crippen molar-refractivity contribution in [1.29, 1.82) is 0 Å². The zero-order valence-corrected chi connectivity index (χ0v) is 10.2. The van der Waals surface area contributed by atoms with Crippen LogP contribution in [0.2, 0.25) is 0 Å². The molecule has 94 valence electrons. The maximum atomic E-state index is 11.3. The Labute approximate surface area is 100 Å². The molecule has 1 heterocycles. The molecule has 1 aliphatic heterocycles. The van der Waals surface area contributed by atoms with E-state index in [0.29, 0.717) is 0 Å². The number of phenols is 1. The van der Waals surface area contributed by atoms with Crippen molar-refractivity contribution in [2.24, 2.45) is 0 Å². The van der Waals surface area contributed by atoms with Crippen LogP contribution in [0.25, 0.3) is 0 Å². The van der Waals surface area contributed by atoms with Crippen molar-refractivity contribution in [1.82, 2.24) is 0 Å². The first-order valence-electron chi connectivity index (χ1n) is 5.32. The van der Waals surface area contributed by atoms with Gasteiger partial charge in [-0.15, -0.1) is 0 Å². The molecule has 1 fully saturated rings. The van der Waals surface area contributed by atoms with E-state index in [4.69, 9.17) is 0 Å². The quantitative estimate of drug-likeness (QED) is 0.662. The zero-order valence-electron chi connectivity index (χ0n) is 9.42. The highest BCUT2D eigenvalue weighted by Gasteiger charge is 2.36. The van der Waals surface area contributed by atoms with Gasteiger partial charge in [-0.25, -0.2) is 8.42 Å². The summed E-state index contributed by atoms with van der Waals surface area (Å²) in [6.07, 6.45) is -0.881. The number of aliphatic hydroxyl groups is 1. The van der Waals surface area contributed by atoms with Crippen LogP contribution in [0.15, 0.2) is 18.2 Å². The number of phenolic OH excluding ortho intramolecular Hbond substituents is 1. The van der Waals surface area contributed by atoms with Gasteiger partial charge in [0.05, 0.1) is 23.7 Å². The molecule has 0 saturated carbocycles. The van der Waals surface area contributed by atoms with Gasteiger partial charge in [-0.1, -0.05) is 0 Å². The predicted molar refractivity (Wildman–Crippen MR) is 64.9 cm³/mol. The highest BCUT2D eigenvalue weighted by Crippen LogP contribution is 2.23. The van der Waals surface area contributed by atoms with Gasteiger partial charge in [0.15, 0.2) is 9.84 Å². The Morgan fingerprint density at radius 1 is 1.35 bits per heavy atom. The average Bonchev–Trinajstić information content (AvgIpc) is 2.44. The third kappa shape index (κ3) is 2.70. The smallest absolute Gasteiger partial charge is 0.155 e. The topological polar surface area (TPSA) is 86.6 Å². The largest absolute Gasteiger partial charge is 0.508 e. The summed E-state index contributed by atoms with van der Waals surface area (Å²) in [5.41, 5.74) is 1.53. The molecule has 1 aromatic carbocycles. The number of benzene rings is 1. The van der Waals surface area contributed by atoms with E-state index in [1.165, 1.54) is 6.07 Å². The van der Waals surface area contributed by atoms with E-state index < -0.39 is 22.0 Å². The van der Waals surface area contributed by atoms with E-state index in [0.717, 1.165) is 11.3 Å². The minimum absolute atomic E-state index is 0.0610. The summed E-state index contributed by atoms with van der Waals surface area (Å²) in [7, 11) is -3.15. The van der Waals surface area contributed by atoms with Gasteiger partial charge >= 0.3 is 0 Å². The molecule has 6 heteroatoms. The summed E-state index contributed by atoms with van der Waals surface area (Å²) >= 11 is 0. The summed E-state index contributed by atoms with van der Waals surface area (Å²) in [4.78, 5) is 0. The average molecular weight is 257 g/mol. The Balaban J connectivity index is 2.17. The van der Waals surface area contributed by atoms with Crippen LogP contribution in [0.1, 0.15) is 5.56 Å². The minimum Gasteiger partial charge on any atom is -0.508 e. The van der Waals surface area contributed by atoms with Crippen LogP contribution < -0.4 is 5.32 Å². The number of aliphatic hydroxyl groups excluding tert-OH is 1. The van der Waals surface area contributed by atoms with Crippen LogP contribution >= 0.6 is 0 Å². The lowest BCUT2D eigenvalue weighted by Crippen LogP contribution is -2.32. The standard InChI is InChI=1S/C11H15NO4S/c1-7-4-8(13)2-3-9(7)12-10-5-17(15,16)6-11(10)14/h2-4,10-14H,5-6H2,1H3/t10-,11-/m1/s1. The fourth-order valence-electron chi connectivity index (χ4n) is 1.98. The third-order valence-corrected chi connectivity index (χ3v) is 4.59. The maximum absolute atomic E-state index is 11.3. The SMILES string of the molecule is Cc1cc(O)ccc1N[C@@H]1CS(=O)(=O)C[C@H]1O. The van der Waals surface area contributed by atoms with Crippen LogP contribution in [-0.4, -0.2) is 42.3 Å². The number of aryl methyl sites for hydroxylation is 1. The van der Waals surface area contributed by atoms with E-state index in [-0.39, 0.29) is 17.3 Å². The molecule has 3 N–H and O–H groups in total. The van der Waals surface area contributed by atoms with Crippen molar-refractivity contribution < 1.29 is 18.6 Å². The maximum Gasteiger partial charge on any atom is 0.155 e. The minimum atomic E-state index is -3.15. The summed E-state index contributed by atoms with van der Waals surface area (Å²) < 4.78 is 22.7. The lowest BCUT2D eigenvalue weighted by Gasteiger charge is -2.18. The van der Waals surface area contributed by atoms with E-state index in [1.54, 1.807) is 19.1 Å². The van der Waals surface area contributed by atoms with Gasteiger partial charge in [-0.2, -0.15) is 0 Å². The molecule has 17 heavy (non-hydrogen) atoms. The predicted octanol–water partition coefficient (Wildman–Crippen LogP) is 0.270. The van der Waals surface area contributed by atoms with Crippen molar-refractivity contribution >= 4 is 15.5 Å². The van der Waals surface area contributed by atoms with Crippen molar-refractivity contribution in [2.75, 3.05) is 16.8 Å². The molecule has 0 unspecified atom stereocenters. The summed E-state index contributed by atoms with van der Waals surface area (Å²) in [5, 5.41) is 21.9. The second kappa shape index (κ2) is 4.19. The Bertz CT molecular complexity index is 526. The number of aromatic hydroxyl groups is 1. The number of sulfone groups is 1. The van der Waals surface area contributed by atoms with Crippen LogP contribution in [0.5, 0.6) is 5.75 Å². The van der Waals surface area contributed by atoms with E-state index in [9.17, 15) is 18.6 Å². The molecule has 1 saturated heterocycles. The highest BCUT2D eigenvalue weighted by molar-refractivity contribution is 7.91. The molecular weight excluding hydrogens is 242 g/mol. The molecule has 0 spiro atoms. The third-order valence-electron chi connectivity index (χ3n) is 2.87. The second-order valence-corrected chi connectivity index (χ2v) is 6.55. The molecule has 0 bridgehead atoms. The first-order chi connectivity index (χ1) is 7.87. The van der Waals surface area contributed by atoms with Gasteiger partial charge in [0.2, 0.25) is 0 Å². The Hall–Kier alpha value is -1.27. The Kier molecular flexibility index (Phi) is 3.01. The fraction of sp³-hybridized carbons (Fsp3) is 0.455. The first-order valence-corrected chi connectivity index (χ1v) is 7.14. The zero-order chi connectivity index (χ0) is 12.6. The van der Waals surface area contributed by atoms with Gasteiger partial charge in [0.1, 0.15) is 5.75 Å². The van der Waals surface area contributed by atoms with Crippen molar-refractivity contribution in [3.05, 3.63) is 23.8 Å². The van der Waals surface area contributed by atoms with Crippen LogP contribution in [0, 0.1) is 6.92 Å². The van der Waals surface area contributed by atoms with Crippen LogP contribution in [0.4, 0.5) is 5.69 Å². The second-order valence-electron chi connectivity index (χ2n) is 4.39. The molecule has 0 aliphatic carbocycles. The molecule has 1 aromatic rings. The van der Waals surface area contributed by atoms with E-state index in [1.807, 2.05) is 0 Å². The van der Waals surface area contributed by atoms with Crippen molar-refractivity contribution in [3.8, 4) is 5.75 Å². The summed E-state index contributed by atoms with van der Waals surface area (Å²) in [6, 6.07) is 4.29. The van der Waals surface area contributed by atoms with Crippen LogP contribution in [0.3, 0.4) is 0 Å². The number of hydrogen-bond donors (Lipinski definition) is 3. The van der Waals surface area contributed by atoms with Gasteiger partial charge < -0.3 is 15.5 Å². The Morgan fingerprint density at radius 3 is 2.59 bits per heavy atom. The highest BCUT2D eigenvalue weighted by atomic mass is 32.2. The number of nitrogens with one attached hydrogen (secondary N) is 1. The molecule has 1 aliphatic rings. The lowest BCUT2D eigenvalue weighted by molar-refractivity contribution is 0.190. The van der Waals surface area contributed by atoms with Crippen LogP contribution in [-0.2, 0) is 9.84 Å². The number of hydrogen-bond acceptors (Lipinski definition) is 5. The molecule has 2 rings (SSSR count). The van der Waals surface area contributed by atoms with Gasteiger partial charge in [0.25, 0.3) is 0 Å². The van der Waals surface area contributed by atoms with Gasteiger partial charge in [-0.3, -0.25) is 0 Å².